The van der Waals surface area contributed by atoms with Crippen LogP contribution >= 0.6 is 11.8 Å². The third-order valence-electron chi connectivity index (χ3n) is 3.12. The molecule has 6 heteroatoms. The van der Waals surface area contributed by atoms with Crippen molar-refractivity contribution in [2.24, 2.45) is 0 Å². The highest BCUT2D eigenvalue weighted by Crippen LogP contribution is 2.13. The van der Waals surface area contributed by atoms with E-state index in [0.29, 0.717) is 11.3 Å². The van der Waals surface area contributed by atoms with Gasteiger partial charge in [-0.1, -0.05) is 24.3 Å². The Bertz CT molecular complexity index is 642. The minimum Gasteiger partial charge on any atom is -0.392 e. The molecule has 2 rings (SSSR count). The lowest BCUT2D eigenvalue weighted by Gasteiger charge is -2.06. The lowest BCUT2D eigenvalue weighted by molar-refractivity contribution is -0.118. The summed E-state index contributed by atoms with van der Waals surface area (Å²) in [6.07, 6.45) is 0. The van der Waals surface area contributed by atoms with E-state index in [4.69, 9.17) is 5.11 Å². The Balaban J connectivity index is 1.72. The van der Waals surface area contributed by atoms with Crippen molar-refractivity contribution in [3.63, 3.8) is 0 Å². The van der Waals surface area contributed by atoms with Gasteiger partial charge in [-0.25, -0.2) is 8.78 Å². The number of hydrogen-bond acceptors (Lipinski definition) is 3. The van der Waals surface area contributed by atoms with Crippen LogP contribution in [0.4, 0.5) is 8.78 Å². The van der Waals surface area contributed by atoms with Crippen molar-refractivity contribution in [3.05, 3.63) is 70.8 Å². The molecule has 2 N–H and O–H groups in total. The molecule has 122 valence electrons. The second-order valence-electron chi connectivity index (χ2n) is 5.02. The lowest BCUT2D eigenvalue weighted by Crippen LogP contribution is -2.24. The van der Waals surface area contributed by atoms with Gasteiger partial charge in [-0.2, -0.15) is 0 Å². The van der Waals surface area contributed by atoms with Gasteiger partial charge in [-0.05, 0) is 28.8 Å². The predicted octanol–water partition coefficient (Wildman–Crippen LogP) is 3.01. The first-order chi connectivity index (χ1) is 11.1. The number of carbonyl (C=O) groups is 1. The van der Waals surface area contributed by atoms with Gasteiger partial charge in [0.15, 0.2) is 0 Å². The normalized spacial score (nSPS) is 10.6. The number of hydrogen-bond donors (Lipinski definition) is 2. The van der Waals surface area contributed by atoms with E-state index in [2.05, 4.69) is 5.32 Å². The topological polar surface area (TPSA) is 49.3 Å². The van der Waals surface area contributed by atoms with Crippen molar-refractivity contribution >= 4 is 17.7 Å². The summed E-state index contributed by atoms with van der Waals surface area (Å²) in [5.74, 6) is -0.565. The molecule has 0 radical (unpaired) electrons. The van der Waals surface area contributed by atoms with Crippen LogP contribution in [-0.4, -0.2) is 16.8 Å². The molecule has 0 aliphatic carbocycles. The average molecular weight is 337 g/mol. The Labute approximate surface area is 137 Å². The van der Waals surface area contributed by atoms with Crippen LogP contribution < -0.4 is 5.32 Å². The molecule has 0 atom stereocenters. The van der Waals surface area contributed by atoms with Crippen molar-refractivity contribution in [1.29, 1.82) is 0 Å². The van der Waals surface area contributed by atoms with Crippen molar-refractivity contribution < 1.29 is 18.7 Å². The Morgan fingerprint density at radius 3 is 2.22 bits per heavy atom. The summed E-state index contributed by atoms with van der Waals surface area (Å²) < 4.78 is 26.0. The lowest BCUT2D eigenvalue weighted by atomic mass is 10.2. The first-order valence-electron chi connectivity index (χ1n) is 7.05. The molecule has 1 amide bonds. The van der Waals surface area contributed by atoms with Crippen LogP contribution in [-0.2, 0) is 23.7 Å². The number of rotatable bonds is 7. The number of halogens is 2. The fourth-order valence-electron chi connectivity index (χ4n) is 1.97. The number of amides is 1. The van der Waals surface area contributed by atoms with Gasteiger partial charge in [0.05, 0.1) is 12.4 Å². The number of thioether (sulfide) groups is 1. The zero-order chi connectivity index (χ0) is 16.7. The quantitative estimate of drug-likeness (QED) is 0.817. The van der Waals surface area contributed by atoms with Crippen LogP contribution in [0, 0.1) is 11.6 Å². The smallest absolute Gasteiger partial charge is 0.230 e. The second-order valence-corrected chi connectivity index (χ2v) is 6.01. The molecule has 0 aromatic heterocycles. The third-order valence-corrected chi connectivity index (χ3v) is 4.12. The fraction of sp³-hybridized carbons (Fsp3) is 0.235. The SMILES string of the molecule is O=C(CSCc1ccc(CO)cc1)NCc1cc(F)cc(F)c1. The molecule has 0 spiro atoms. The molecular formula is C17H17F2NO2S. The number of nitrogens with one attached hydrogen (secondary N) is 1. The minimum atomic E-state index is -0.657. The Hall–Kier alpha value is -1.92. The van der Waals surface area contributed by atoms with E-state index < -0.39 is 11.6 Å². The molecule has 0 aliphatic rings. The van der Waals surface area contributed by atoms with E-state index in [0.717, 1.165) is 17.2 Å². The molecule has 2 aromatic rings. The zero-order valence-electron chi connectivity index (χ0n) is 12.4. The Morgan fingerprint density at radius 1 is 1.00 bits per heavy atom. The first-order valence-corrected chi connectivity index (χ1v) is 8.20. The van der Waals surface area contributed by atoms with Gasteiger partial charge < -0.3 is 10.4 Å². The molecular weight excluding hydrogens is 320 g/mol. The zero-order valence-corrected chi connectivity index (χ0v) is 13.2. The number of aliphatic hydroxyl groups excluding tert-OH is 1. The fourth-order valence-corrected chi connectivity index (χ4v) is 2.78. The van der Waals surface area contributed by atoms with Crippen LogP contribution in [0.1, 0.15) is 16.7 Å². The van der Waals surface area contributed by atoms with Crippen molar-refractivity contribution in [2.45, 2.75) is 18.9 Å². The maximum atomic E-state index is 13.0. The van der Waals surface area contributed by atoms with Gasteiger partial charge in [0.2, 0.25) is 5.91 Å². The molecule has 0 saturated heterocycles. The molecule has 2 aromatic carbocycles. The van der Waals surface area contributed by atoms with E-state index in [9.17, 15) is 13.6 Å². The van der Waals surface area contributed by atoms with E-state index in [1.165, 1.54) is 23.9 Å². The van der Waals surface area contributed by atoms with Gasteiger partial charge in [0, 0.05) is 18.4 Å². The van der Waals surface area contributed by atoms with Crippen LogP contribution in [0.2, 0.25) is 0 Å². The Morgan fingerprint density at radius 2 is 1.61 bits per heavy atom. The summed E-state index contributed by atoms with van der Waals surface area (Å²) in [4.78, 5) is 11.7. The molecule has 0 unspecified atom stereocenters. The molecule has 0 bridgehead atoms. The highest BCUT2D eigenvalue weighted by Gasteiger charge is 2.05. The predicted molar refractivity (Wildman–Crippen MR) is 86.7 cm³/mol. The minimum absolute atomic E-state index is 0.0104. The second kappa shape index (κ2) is 8.64. The molecule has 0 heterocycles. The maximum absolute atomic E-state index is 13.0. The summed E-state index contributed by atoms with van der Waals surface area (Å²) in [6, 6.07) is 10.7. The highest BCUT2D eigenvalue weighted by molar-refractivity contribution is 7.99. The van der Waals surface area contributed by atoms with Crippen molar-refractivity contribution in [3.8, 4) is 0 Å². The van der Waals surface area contributed by atoms with E-state index >= 15 is 0 Å². The first kappa shape index (κ1) is 17.4. The third kappa shape index (κ3) is 6.00. The number of benzene rings is 2. The molecule has 0 saturated carbocycles. The van der Waals surface area contributed by atoms with Gasteiger partial charge in [0.25, 0.3) is 0 Å². The van der Waals surface area contributed by atoms with E-state index in [1.807, 2.05) is 24.3 Å². The monoisotopic (exact) mass is 337 g/mol. The molecule has 3 nitrogen and oxygen atoms in total. The van der Waals surface area contributed by atoms with Gasteiger partial charge in [-0.15, -0.1) is 11.8 Å². The van der Waals surface area contributed by atoms with Crippen LogP contribution in [0.25, 0.3) is 0 Å². The average Bonchev–Trinajstić information content (AvgIpc) is 2.53. The standard InChI is InChI=1S/C17H17F2NO2S/c18-15-5-14(6-16(19)7-15)8-20-17(22)11-23-10-13-3-1-12(9-21)2-4-13/h1-7,21H,8-11H2,(H,20,22). The van der Waals surface area contributed by atoms with Crippen LogP contribution in [0.3, 0.4) is 0 Å². The van der Waals surface area contributed by atoms with Crippen LogP contribution in [0.5, 0.6) is 0 Å². The van der Waals surface area contributed by atoms with E-state index in [1.54, 1.807) is 0 Å². The van der Waals surface area contributed by atoms with Crippen LogP contribution in [0.15, 0.2) is 42.5 Å². The summed E-state index contributed by atoms with van der Waals surface area (Å²) in [6.45, 7) is 0.107. The number of aliphatic hydroxyl groups is 1. The van der Waals surface area contributed by atoms with Crippen molar-refractivity contribution in [1.82, 2.24) is 5.32 Å². The summed E-state index contributed by atoms with van der Waals surface area (Å²) in [5, 5.41) is 11.6. The molecule has 23 heavy (non-hydrogen) atoms. The summed E-state index contributed by atoms with van der Waals surface area (Å²) in [7, 11) is 0. The van der Waals surface area contributed by atoms with Gasteiger partial charge >= 0.3 is 0 Å². The largest absolute Gasteiger partial charge is 0.392 e. The van der Waals surface area contributed by atoms with Gasteiger partial charge in [-0.3, -0.25) is 4.79 Å². The molecule has 0 fully saturated rings. The highest BCUT2D eigenvalue weighted by atomic mass is 32.2. The Kier molecular flexibility index (Phi) is 6.55. The van der Waals surface area contributed by atoms with Gasteiger partial charge in [0.1, 0.15) is 11.6 Å². The van der Waals surface area contributed by atoms with E-state index in [-0.39, 0.29) is 24.8 Å². The summed E-state index contributed by atoms with van der Waals surface area (Å²) in [5.41, 5.74) is 2.30. The number of carbonyl (C=O) groups excluding carboxylic acids is 1. The molecule has 0 aliphatic heterocycles. The van der Waals surface area contributed by atoms with Crippen molar-refractivity contribution in [2.75, 3.05) is 5.75 Å². The summed E-state index contributed by atoms with van der Waals surface area (Å²) >= 11 is 1.45. The maximum Gasteiger partial charge on any atom is 0.230 e.